The van der Waals surface area contributed by atoms with Gasteiger partial charge in [-0.3, -0.25) is 4.79 Å². The quantitative estimate of drug-likeness (QED) is 0.581. The van der Waals surface area contributed by atoms with Gasteiger partial charge in [-0.05, 0) is 32.3 Å². The maximum absolute atomic E-state index is 12.8. The van der Waals surface area contributed by atoms with Crippen molar-refractivity contribution in [3.8, 4) is 11.1 Å². The van der Waals surface area contributed by atoms with Gasteiger partial charge in [0.1, 0.15) is 10.6 Å². The second-order valence-electron chi connectivity index (χ2n) is 6.90. The van der Waals surface area contributed by atoms with Crippen molar-refractivity contribution in [3.63, 3.8) is 0 Å². The molecule has 0 bridgehead atoms. The van der Waals surface area contributed by atoms with E-state index in [4.69, 9.17) is 4.74 Å². The minimum Gasteiger partial charge on any atom is -0.550 e. The summed E-state index contributed by atoms with van der Waals surface area (Å²) >= 11 is 1.22. The Morgan fingerprint density at radius 3 is 2.41 bits per heavy atom. The van der Waals surface area contributed by atoms with Crippen molar-refractivity contribution in [1.29, 1.82) is 0 Å². The number of carboxylic acid groups (broad SMARTS) is 1. The molecule has 3 rings (SSSR count). The van der Waals surface area contributed by atoms with Gasteiger partial charge < -0.3 is 20.0 Å². The zero-order valence-electron chi connectivity index (χ0n) is 16.3. The molecule has 1 aliphatic carbocycles. The highest BCUT2D eigenvalue weighted by Crippen LogP contribution is 2.37. The van der Waals surface area contributed by atoms with Gasteiger partial charge in [-0.2, -0.15) is 0 Å². The molecule has 6 nitrogen and oxygen atoms in total. The first kappa shape index (κ1) is 20.8. The summed E-state index contributed by atoms with van der Waals surface area (Å²) < 4.78 is 5.20. The van der Waals surface area contributed by atoms with Crippen molar-refractivity contribution in [3.05, 3.63) is 52.9 Å². The van der Waals surface area contributed by atoms with Crippen LogP contribution in [0.4, 0.5) is 5.00 Å². The molecule has 7 heteroatoms. The molecule has 0 unspecified atom stereocenters. The van der Waals surface area contributed by atoms with Crippen molar-refractivity contribution in [1.82, 2.24) is 0 Å². The van der Waals surface area contributed by atoms with Crippen LogP contribution in [-0.2, 0) is 14.3 Å². The van der Waals surface area contributed by atoms with Gasteiger partial charge in [0.15, 0.2) is 0 Å². The van der Waals surface area contributed by atoms with E-state index >= 15 is 0 Å². The molecule has 0 aliphatic heterocycles. The molecular formula is C22H22NO5S-. The fraction of sp³-hybridized carbons (Fsp3) is 0.318. The second kappa shape index (κ2) is 9.05. The lowest BCUT2D eigenvalue weighted by atomic mass is 9.82. The van der Waals surface area contributed by atoms with Crippen molar-refractivity contribution < 1.29 is 24.2 Å². The van der Waals surface area contributed by atoms with Crippen LogP contribution < -0.4 is 10.4 Å². The average molecular weight is 412 g/mol. The van der Waals surface area contributed by atoms with E-state index in [1.807, 2.05) is 31.2 Å². The fourth-order valence-corrected chi connectivity index (χ4v) is 4.33. The molecule has 0 saturated heterocycles. The molecule has 29 heavy (non-hydrogen) atoms. The number of allylic oxidation sites excluding steroid dienone is 2. The van der Waals surface area contributed by atoms with E-state index in [0.717, 1.165) is 11.1 Å². The Morgan fingerprint density at radius 2 is 1.79 bits per heavy atom. The summed E-state index contributed by atoms with van der Waals surface area (Å²) in [6.45, 7) is 3.89. The Hall–Kier alpha value is -2.93. The highest BCUT2D eigenvalue weighted by molar-refractivity contribution is 7.15. The smallest absolute Gasteiger partial charge is 0.341 e. The summed E-state index contributed by atoms with van der Waals surface area (Å²) in [7, 11) is 0. The van der Waals surface area contributed by atoms with Crippen LogP contribution in [0, 0.1) is 18.8 Å². The number of esters is 1. The van der Waals surface area contributed by atoms with E-state index in [2.05, 4.69) is 5.32 Å². The number of hydrogen-bond donors (Lipinski definition) is 1. The first-order valence-electron chi connectivity index (χ1n) is 9.44. The number of amides is 1. The largest absolute Gasteiger partial charge is 0.550 e. The van der Waals surface area contributed by atoms with Crippen LogP contribution in [0.25, 0.3) is 11.1 Å². The number of aryl methyl sites for hydroxylation is 1. The van der Waals surface area contributed by atoms with E-state index in [9.17, 15) is 19.5 Å². The van der Waals surface area contributed by atoms with E-state index in [1.165, 1.54) is 11.3 Å². The molecule has 0 spiro atoms. The van der Waals surface area contributed by atoms with Crippen LogP contribution in [-0.4, -0.2) is 24.5 Å². The summed E-state index contributed by atoms with van der Waals surface area (Å²) in [5.74, 6) is -3.84. The Kier molecular flexibility index (Phi) is 6.49. The summed E-state index contributed by atoms with van der Waals surface area (Å²) in [6, 6.07) is 7.70. The lowest BCUT2D eigenvalue weighted by Gasteiger charge is -2.28. The molecular weight excluding hydrogens is 390 g/mol. The van der Waals surface area contributed by atoms with Gasteiger partial charge in [-0.15, -0.1) is 11.3 Å². The van der Waals surface area contributed by atoms with Crippen LogP contribution in [0.3, 0.4) is 0 Å². The molecule has 2 aromatic rings. The Bertz CT molecular complexity index is 945. The van der Waals surface area contributed by atoms with Gasteiger partial charge in [-0.1, -0.05) is 42.0 Å². The first-order valence-corrected chi connectivity index (χ1v) is 10.3. The monoisotopic (exact) mass is 412 g/mol. The normalized spacial score (nSPS) is 18.3. The lowest BCUT2D eigenvalue weighted by molar-refractivity contribution is -0.313. The van der Waals surface area contributed by atoms with E-state index in [-0.39, 0.29) is 18.6 Å². The molecule has 1 aromatic carbocycles. The highest BCUT2D eigenvalue weighted by atomic mass is 32.1. The fourth-order valence-electron chi connectivity index (χ4n) is 3.37. The Morgan fingerprint density at radius 1 is 1.14 bits per heavy atom. The number of hydrogen-bond acceptors (Lipinski definition) is 6. The van der Waals surface area contributed by atoms with E-state index < -0.39 is 29.7 Å². The Balaban J connectivity index is 1.93. The van der Waals surface area contributed by atoms with Crippen molar-refractivity contribution >= 4 is 34.2 Å². The van der Waals surface area contributed by atoms with Gasteiger partial charge in [0.25, 0.3) is 0 Å². The molecule has 2 atom stereocenters. The zero-order valence-corrected chi connectivity index (χ0v) is 17.1. The maximum Gasteiger partial charge on any atom is 0.341 e. The zero-order chi connectivity index (χ0) is 21.0. The van der Waals surface area contributed by atoms with E-state index in [1.54, 1.807) is 24.5 Å². The second-order valence-corrected chi connectivity index (χ2v) is 7.78. The topological polar surface area (TPSA) is 95.5 Å². The predicted molar refractivity (Wildman–Crippen MR) is 109 cm³/mol. The summed E-state index contributed by atoms with van der Waals surface area (Å²) in [6.07, 6.45) is 4.11. The van der Waals surface area contributed by atoms with Gasteiger partial charge >= 0.3 is 5.97 Å². The van der Waals surface area contributed by atoms with Crippen LogP contribution in [0.15, 0.2) is 41.8 Å². The Labute approximate surface area is 173 Å². The van der Waals surface area contributed by atoms with Crippen molar-refractivity contribution in [2.75, 3.05) is 11.9 Å². The number of ether oxygens (including phenoxy) is 1. The molecule has 1 heterocycles. The maximum atomic E-state index is 12.8. The summed E-state index contributed by atoms with van der Waals surface area (Å²) in [5, 5.41) is 16.3. The number of carbonyl (C=O) groups is 3. The third kappa shape index (κ3) is 4.56. The molecule has 0 saturated carbocycles. The van der Waals surface area contributed by atoms with Crippen molar-refractivity contribution in [2.45, 2.75) is 26.7 Å². The minimum absolute atomic E-state index is 0.204. The van der Waals surface area contributed by atoms with E-state index in [0.29, 0.717) is 17.0 Å². The SMILES string of the molecule is CCOC(=O)c1c(-c2ccc(C)cc2)csc1NC(=O)[C@H]1CC=CC[C@H]1C(=O)[O-]. The number of benzene rings is 1. The van der Waals surface area contributed by atoms with Gasteiger partial charge in [-0.25, -0.2) is 4.79 Å². The molecule has 1 aliphatic rings. The molecule has 1 amide bonds. The molecule has 152 valence electrons. The lowest BCUT2D eigenvalue weighted by Crippen LogP contribution is -2.41. The van der Waals surface area contributed by atoms with Gasteiger partial charge in [0.05, 0.1) is 12.5 Å². The number of aliphatic carboxylic acids is 1. The predicted octanol–water partition coefficient (Wildman–Crippen LogP) is 3.17. The van der Waals surface area contributed by atoms with Crippen LogP contribution in [0.2, 0.25) is 0 Å². The highest BCUT2D eigenvalue weighted by Gasteiger charge is 2.31. The van der Waals surface area contributed by atoms with Crippen LogP contribution >= 0.6 is 11.3 Å². The number of thiophene rings is 1. The summed E-state index contributed by atoms with van der Waals surface area (Å²) in [5.41, 5.74) is 2.88. The van der Waals surface area contributed by atoms with Crippen LogP contribution in [0.5, 0.6) is 0 Å². The number of rotatable bonds is 6. The number of anilines is 1. The van der Waals surface area contributed by atoms with Crippen LogP contribution in [0.1, 0.15) is 35.7 Å². The third-order valence-corrected chi connectivity index (χ3v) is 5.84. The molecule has 1 aromatic heterocycles. The van der Waals surface area contributed by atoms with Crippen molar-refractivity contribution in [2.24, 2.45) is 11.8 Å². The van der Waals surface area contributed by atoms with Gasteiger partial charge in [0.2, 0.25) is 5.91 Å². The standard InChI is InChI=1S/C22H23NO5S/c1-3-28-22(27)18-17(14-10-8-13(2)9-11-14)12-29-20(18)23-19(24)15-6-4-5-7-16(15)21(25)26/h4-5,8-12,15-16H,3,6-7H2,1-2H3,(H,23,24)(H,25,26)/p-1/t15-,16+/m0/s1. The summed E-state index contributed by atoms with van der Waals surface area (Å²) in [4.78, 5) is 36.9. The number of carboxylic acids is 1. The van der Waals surface area contributed by atoms with Gasteiger partial charge in [0, 0.05) is 22.8 Å². The number of carbonyl (C=O) groups excluding carboxylic acids is 3. The molecule has 0 fully saturated rings. The molecule has 0 radical (unpaired) electrons. The first-order chi connectivity index (χ1) is 13.9. The average Bonchev–Trinajstić information content (AvgIpc) is 3.12. The minimum atomic E-state index is -1.24. The number of nitrogens with one attached hydrogen (secondary N) is 1. The molecule has 1 N–H and O–H groups in total. The third-order valence-electron chi connectivity index (χ3n) is 4.94.